The number of ether oxygens (including phenoxy) is 2. The third kappa shape index (κ3) is 8.90. The second-order valence-corrected chi connectivity index (χ2v) is 12.9. The van der Waals surface area contributed by atoms with Gasteiger partial charge in [-0.1, -0.05) is 23.2 Å². The first kappa shape index (κ1) is 30.8. The number of benzene rings is 1. The molecule has 3 heterocycles. The van der Waals surface area contributed by atoms with E-state index < -0.39 is 27.6 Å². The highest BCUT2D eigenvalue weighted by Gasteiger charge is 2.27. The van der Waals surface area contributed by atoms with Crippen molar-refractivity contribution in [3.63, 3.8) is 0 Å². The number of hydrogen-bond donors (Lipinski definition) is 0. The normalized spacial score (nSPS) is 14.2. The van der Waals surface area contributed by atoms with Crippen molar-refractivity contribution in [1.29, 1.82) is 0 Å². The maximum atomic E-state index is 15.2. The number of amides is 1. The summed E-state index contributed by atoms with van der Waals surface area (Å²) in [6.07, 6.45) is 1.89. The van der Waals surface area contributed by atoms with Gasteiger partial charge in [0.25, 0.3) is 10.1 Å². The Morgan fingerprint density at radius 2 is 1.68 bits per heavy atom. The molecule has 1 saturated heterocycles. The van der Waals surface area contributed by atoms with Gasteiger partial charge >= 0.3 is 6.09 Å². The molecule has 0 aliphatic carbocycles. The van der Waals surface area contributed by atoms with Crippen LogP contribution in [0.4, 0.5) is 15.0 Å². The van der Waals surface area contributed by atoms with Crippen molar-refractivity contribution >= 4 is 45.2 Å². The number of aromatic nitrogens is 2. The van der Waals surface area contributed by atoms with Crippen LogP contribution in [0.3, 0.4) is 0 Å². The third-order valence-corrected chi connectivity index (χ3v) is 6.69. The first-order valence-corrected chi connectivity index (χ1v) is 15.1. The predicted octanol–water partition coefficient (Wildman–Crippen LogP) is 5.92. The third-order valence-electron chi connectivity index (χ3n) is 5.71. The van der Waals surface area contributed by atoms with Gasteiger partial charge in [0.1, 0.15) is 5.60 Å². The van der Waals surface area contributed by atoms with E-state index in [1.165, 1.54) is 18.3 Å². The molecule has 4 rings (SSSR count). The molecule has 14 heteroatoms. The molecule has 0 bridgehead atoms. The lowest BCUT2D eigenvalue weighted by molar-refractivity contribution is 0.0240. The fourth-order valence-electron chi connectivity index (χ4n) is 3.97. The Kier molecular flexibility index (Phi) is 9.27. The van der Waals surface area contributed by atoms with Gasteiger partial charge in [0.2, 0.25) is 5.88 Å². The van der Waals surface area contributed by atoms with E-state index in [4.69, 9.17) is 36.9 Å². The Morgan fingerprint density at radius 1 is 1.02 bits per heavy atom. The summed E-state index contributed by atoms with van der Waals surface area (Å²) in [6.45, 7) is 6.58. The highest BCUT2D eigenvalue weighted by atomic mass is 35.5. The summed E-state index contributed by atoms with van der Waals surface area (Å²) >= 11 is 12.3. The number of nitrogens with zero attached hydrogens (tertiary/aromatic N) is 4. The van der Waals surface area contributed by atoms with Crippen LogP contribution >= 0.6 is 23.2 Å². The lowest BCUT2D eigenvalue weighted by Crippen LogP contribution is -2.50. The summed E-state index contributed by atoms with van der Waals surface area (Å²) in [5.41, 5.74) is 0.763. The van der Waals surface area contributed by atoms with E-state index >= 15 is 4.39 Å². The molecule has 1 aliphatic heterocycles. The lowest BCUT2D eigenvalue weighted by Gasteiger charge is -2.36. The van der Waals surface area contributed by atoms with Crippen LogP contribution in [0.2, 0.25) is 10.0 Å². The molecule has 41 heavy (non-hydrogen) atoms. The zero-order chi connectivity index (χ0) is 29.9. The number of piperazine rings is 1. The number of halogens is 3. The molecule has 0 saturated carbocycles. The van der Waals surface area contributed by atoms with Crippen LogP contribution in [0.15, 0.2) is 42.6 Å². The first-order valence-electron chi connectivity index (χ1n) is 12.5. The molecule has 2 aromatic heterocycles. The molecule has 0 atom stereocenters. The first-order chi connectivity index (χ1) is 19.1. The second kappa shape index (κ2) is 12.4. The van der Waals surface area contributed by atoms with Crippen LogP contribution in [-0.4, -0.2) is 67.4 Å². The van der Waals surface area contributed by atoms with E-state index in [1.54, 1.807) is 54.8 Å². The Morgan fingerprint density at radius 3 is 2.27 bits per heavy atom. The molecule has 0 spiro atoms. The van der Waals surface area contributed by atoms with Crippen LogP contribution in [0.1, 0.15) is 26.3 Å². The quantitative estimate of drug-likeness (QED) is 0.295. The lowest BCUT2D eigenvalue weighted by atomic mass is 10.1. The van der Waals surface area contributed by atoms with Crippen LogP contribution in [0.25, 0.3) is 11.3 Å². The fourth-order valence-corrected chi connectivity index (χ4v) is 4.85. The molecule has 1 aromatic carbocycles. The van der Waals surface area contributed by atoms with E-state index in [0.717, 1.165) is 6.26 Å². The van der Waals surface area contributed by atoms with Crippen LogP contribution < -0.4 is 9.64 Å². The van der Waals surface area contributed by atoms with E-state index in [-0.39, 0.29) is 24.1 Å². The Bertz CT molecular complexity index is 1520. The second-order valence-electron chi connectivity index (χ2n) is 10.4. The average molecular weight is 628 g/mol. The van der Waals surface area contributed by atoms with Gasteiger partial charge in [0.15, 0.2) is 17.4 Å². The highest BCUT2D eigenvalue weighted by Crippen LogP contribution is 2.31. The van der Waals surface area contributed by atoms with Gasteiger partial charge in [-0.2, -0.15) is 8.42 Å². The molecule has 0 N–H and O–H groups in total. The van der Waals surface area contributed by atoms with Crippen LogP contribution in [0, 0.1) is 5.82 Å². The van der Waals surface area contributed by atoms with E-state index in [9.17, 15) is 13.2 Å². The van der Waals surface area contributed by atoms with E-state index in [2.05, 4.69) is 9.97 Å². The topological polar surface area (TPSA) is 111 Å². The molecule has 220 valence electrons. The minimum atomic E-state index is -3.72. The number of carbonyl (C=O) groups is 1. The number of hydrogen-bond acceptors (Lipinski definition) is 9. The van der Waals surface area contributed by atoms with Gasteiger partial charge in [-0.05, 0) is 50.6 Å². The summed E-state index contributed by atoms with van der Waals surface area (Å²) in [5, 5.41) is 0.756. The van der Waals surface area contributed by atoms with Crippen molar-refractivity contribution in [3.05, 3.63) is 64.0 Å². The summed E-state index contributed by atoms with van der Waals surface area (Å²) in [5.74, 6) is -0.377. The fraction of sp³-hybridized carbons (Fsp3) is 0.370. The molecule has 1 amide bonds. The van der Waals surface area contributed by atoms with Crippen LogP contribution in [0.5, 0.6) is 11.6 Å². The van der Waals surface area contributed by atoms with Gasteiger partial charge < -0.3 is 19.3 Å². The van der Waals surface area contributed by atoms with Crippen molar-refractivity contribution in [1.82, 2.24) is 14.9 Å². The summed E-state index contributed by atoms with van der Waals surface area (Å²) in [4.78, 5) is 24.4. The Balaban J connectivity index is 1.52. The number of carbonyl (C=O) groups excluding carboxylic acids is 1. The smallest absolute Gasteiger partial charge is 0.410 e. The predicted molar refractivity (Wildman–Crippen MR) is 154 cm³/mol. The molecule has 10 nitrogen and oxygen atoms in total. The largest absolute Gasteiger partial charge is 0.444 e. The average Bonchev–Trinajstić information content (AvgIpc) is 2.86. The van der Waals surface area contributed by atoms with Crippen molar-refractivity contribution in [2.75, 3.05) is 37.3 Å². The van der Waals surface area contributed by atoms with Gasteiger partial charge in [-0.15, -0.1) is 0 Å². The molecule has 3 aromatic rings. The molecular formula is C27H29Cl2FN4O6S. The Hall–Kier alpha value is -3.19. The van der Waals surface area contributed by atoms with Crippen molar-refractivity contribution < 1.29 is 31.3 Å². The van der Waals surface area contributed by atoms with Gasteiger partial charge in [-0.3, -0.25) is 4.18 Å². The molecular weight excluding hydrogens is 598 g/mol. The van der Waals surface area contributed by atoms with Gasteiger partial charge in [0.05, 0.1) is 24.8 Å². The summed E-state index contributed by atoms with van der Waals surface area (Å²) in [7, 11) is -3.72. The molecule has 1 fully saturated rings. The number of pyridine rings is 2. The maximum absolute atomic E-state index is 15.2. The monoisotopic (exact) mass is 626 g/mol. The van der Waals surface area contributed by atoms with Crippen molar-refractivity contribution in [2.45, 2.75) is 33.0 Å². The maximum Gasteiger partial charge on any atom is 0.410 e. The van der Waals surface area contributed by atoms with Crippen molar-refractivity contribution in [3.8, 4) is 22.9 Å². The summed E-state index contributed by atoms with van der Waals surface area (Å²) < 4.78 is 54.4. The minimum Gasteiger partial charge on any atom is -0.444 e. The van der Waals surface area contributed by atoms with Crippen LogP contribution in [-0.2, 0) is 25.6 Å². The zero-order valence-corrected chi connectivity index (χ0v) is 25.2. The molecule has 0 radical (unpaired) electrons. The van der Waals surface area contributed by atoms with Gasteiger partial charge in [0, 0.05) is 53.9 Å². The minimum absolute atomic E-state index is 0.0469. The Labute approximate surface area is 248 Å². The molecule has 1 aliphatic rings. The summed E-state index contributed by atoms with van der Waals surface area (Å²) in [6, 6.07) is 9.11. The standard InChI is InChI=1S/C27H29Cl2FN4O6S/c1-27(2,3)40-26(35)34-7-5-33(6-8-34)25-22(30)14-21(15-31-25)39-24-10-17(16-38-41(4,36)37)9-23(32-24)18-11-19(28)13-20(29)12-18/h9-15H,5-8,16H2,1-4H3. The van der Waals surface area contributed by atoms with E-state index in [0.29, 0.717) is 53.0 Å². The molecule has 0 unspecified atom stereocenters. The number of anilines is 1. The van der Waals surface area contributed by atoms with Gasteiger partial charge in [-0.25, -0.2) is 19.2 Å². The zero-order valence-electron chi connectivity index (χ0n) is 22.9. The van der Waals surface area contributed by atoms with Crippen molar-refractivity contribution in [2.24, 2.45) is 0 Å². The highest BCUT2D eigenvalue weighted by molar-refractivity contribution is 7.85. The SMILES string of the molecule is CC(C)(C)OC(=O)N1CCN(c2ncc(Oc3cc(COS(C)(=O)=O)cc(-c4cc(Cl)cc(Cl)c4)n3)cc2F)CC1. The van der Waals surface area contributed by atoms with E-state index in [1.807, 2.05) is 0 Å². The number of rotatable bonds is 7.